The highest BCUT2D eigenvalue weighted by molar-refractivity contribution is 5.81. The first-order chi connectivity index (χ1) is 15.6. The fraction of sp³-hybridized carbons (Fsp3) is 0.500. The van der Waals surface area contributed by atoms with Gasteiger partial charge in [0.2, 0.25) is 5.91 Å². The highest BCUT2D eigenvalue weighted by atomic mass is 16.5. The molecule has 2 aromatic rings. The number of rotatable bonds is 7. The third-order valence-electron chi connectivity index (χ3n) is 6.59. The van der Waals surface area contributed by atoms with Crippen LogP contribution < -0.4 is 20.5 Å². The molecule has 2 heterocycles. The summed E-state index contributed by atoms with van der Waals surface area (Å²) in [6.07, 6.45) is 2.18. The molecule has 6 nitrogen and oxygen atoms in total. The maximum atomic E-state index is 13.4. The molecule has 0 bridgehead atoms. The Labute approximate surface area is 191 Å². The molecule has 0 radical (unpaired) electrons. The molecule has 0 spiro atoms. The van der Waals surface area contributed by atoms with Gasteiger partial charge in [-0.2, -0.15) is 0 Å². The largest absolute Gasteiger partial charge is 0.494 e. The van der Waals surface area contributed by atoms with Crippen LogP contribution in [-0.2, 0) is 4.79 Å². The number of aryl methyl sites for hydroxylation is 2. The Balaban J connectivity index is 1.36. The Morgan fingerprint density at radius 2 is 1.81 bits per heavy atom. The number of hydrogen-bond donors (Lipinski definition) is 2. The van der Waals surface area contributed by atoms with Gasteiger partial charge in [0, 0.05) is 38.4 Å². The van der Waals surface area contributed by atoms with Gasteiger partial charge in [0.25, 0.3) is 0 Å². The van der Waals surface area contributed by atoms with Crippen molar-refractivity contribution in [2.75, 3.05) is 44.2 Å². The molecular formula is C26H36N4O2. The predicted molar refractivity (Wildman–Crippen MR) is 129 cm³/mol. The van der Waals surface area contributed by atoms with Crippen molar-refractivity contribution in [1.29, 1.82) is 0 Å². The van der Waals surface area contributed by atoms with Crippen LogP contribution in [0.25, 0.3) is 0 Å². The van der Waals surface area contributed by atoms with Crippen LogP contribution in [0.1, 0.15) is 42.5 Å². The average Bonchev–Trinajstić information content (AvgIpc) is 3.29. The van der Waals surface area contributed by atoms with Crippen molar-refractivity contribution in [3.8, 4) is 5.75 Å². The summed E-state index contributed by atoms with van der Waals surface area (Å²) in [6, 6.07) is 14.7. The molecule has 2 saturated heterocycles. The van der Waals surface area contributed by atoms with Gasteiger partial charge in [0.1, 0.15) is 5.75 Å². The van der Waals surface area contributed by atoms with E-state index < -0.39 is 0 Å². The van der Waals surface area contributed by atoms with Crippen LogP contribution in [0.3, 0.4) is 0 Å². The van der Waals surface area contributed by atoms with Gasteiger partial charge in [-0.3, -0.25) is 10.2 Å². The Bertz CT molecular complexity index is 907. The van der Waals surface area contributed by atoms with Crippen LogP contribution in [0.2, 0.25) is 0 Å². The molecule has 2 atom stereocenters. The molecule has 2 aromatic carbocycles. The second-order valence-corrected chi connectivity index (χ2v) is 8.98. The first-order valence-corrected chi connectivity index (χ1v) is 11.9. The van der Waals surface area contributed by atoms with Gasteiger partial charge in [0.05, 0.1) is 18.6 Å². The van der Waals surface area contributed by atoms with E-state index in [1.54, 1.807) is 0 Å². The smallest absolute Gasteiger partial charge is 0.229 e. The third kappa shape index (κ3) is 5.08. The zero-order valence-electron chi connectivity index (χ0n) is 19.6. The molecule has 1 amide bonds. The van der Waals surface area contributed by atoms with Crippen LogP contribution in [0, 0.1) is 19.8 Å². The van der Waals surface area contributed by atoms with Crippen molar-refractivity contribution < 1.29 is 9.53 Å². The van der Waals surface area contributed by atoms with Gasteiger partial charge in [-0.25, -0.2) is 5.43 Å². The van der Waals surface area contributed by atoms with Crippen LogP contribution in [-0.4, -0.2) is 50.1 Å². The maximum Gasteiger partial charge on any atom is 0.229 e. The lowest BCUT2D eigenvalue weighted by atomic mass is 9.93. The summed E-state index contributed by atoms with van der Waals surface area (Å²) in [6.45, 7) is 11.1. The Hall–Kier alpha value is -2.57. The fourth-order valence-corrected chi connectivity index (χ4v) is 4.71. The summed E-state index contributed by atoms with van der Waals surface area (Å²) in [7, 11) is 0. The van der Waals surface area contributed by atoms with Gasteiger partial charge in [-0.05, 0) is 49.6 Å². The summed E-state index contributed by atoms with van der Waals surface area (Å²) < 4.78 is 5.78. The number of amides is 1. The lowest BCUT2D eigenvalue weighted by Crippen LogP contribution is -2.51. The average molecular weight is 437 g/mol. The summed E-state index contributed by atoms with van der Waals surface area (Å²) in [4.78, 5) is 17.8. The van der Waals surface area contributed by atoms with Crippen molar-refractivity contribution in [3.63, 3.8) is 0 Å². The third-order valence-corrected chi connectivity index (χ3v) is 6.59. The van der Waals surface area contributed by atoms with Crippen LogP contribution in [0.5, 0.6) is 5.75 Å². The molecule has 4 rings (SSSR count). The van der Waals surface area contributed by atoms with Gasteiger partial charge >= 0.3 is 0 Å². The molecule has 0 saturated carbocycles. The van der Waals surface area contributed by atoms with Gasteiger partial charge < -0.3 is 14.5 Å². The SMILES string of the molecule is CCCCOc1ccc(C2NNCC2C(=O)N2CCN(c3ccc(C)cc3C)CC2)cc1. The number of anilines is 1. The van der Waals surface area contributed by atoms with E-state index in [0.717, 1.165) is 56.9 Å². The number of ether oxygens (including phenoxy) is 1. The van der Waals surface area contributed by atoms with Crippen molar-refractivity contribution in [1.82, 2.24) is 15.8 Å². The molecule has 6 heteroatoms. The molecule has 172 valence electrons. The van der Waals surface area contributed by atoms with Crippen LogP contribution in [0.15, 0.2) is 42.5 Å². The number of piperazine rings is 1. The molecule has 0 aliphatic carbocycles. The Morgan fingerprint density at radius 1 is 1.06 bits per heavy atom. The zero-order valence-corrected chi connectivity index (χ0v) is 19.6. The number of nitrogens with one attached hydrogen (secondary N) is 2. The summed E-state index contributed by atoms with van der Waals surface area (Å²) >= 11 is 0. The topological polar surface area (TPSA) is 56.8 Å². The van der Waals surface area contributed by atoms with Crippen LogP contribution in [0.4, 0.5) is 5.69 Å². The summed E-state index contributed by atoms with van der Waals surface area (Å²) in [5, 5.41) is 0. The van der Waals surface area contributed by atoms with E-state index in [4.69, 9.17) is 4.74 Å². The molecule has 2 aliphatic rings. The van der Waals surface area contributed by atoms with Gasteiger partial charge in [0.15, 0.2) is 0 Å². The summed E-state index contributed by atoms with van der Waals surface area (Å²) in [5.74, 6) is 1.02. The number of hydrogen-bond acceptors (Lipinski definition) is 5. The first kappa shape index (κ1) is 22.6. The molecule has 2 N–H and O–H groups in total. The molecule has 2 unspecified atom stereocenters. The predicted octanol–water partition coefficient (Wildman–Crippen LogP) is 3.60. The second-order valence-electron chi connectivity index (χ2n) is 8.98. The van der Waals surface area contributed by atoms with Crippen molar-refractivity contribution >= 4 is 11.6 Å². The van der Waals surface area contributed by atoms with E-state index in [1.807, 2.05) is 17.0 Å². The number of unbranched alkanes of at least 4 members (excludes halogenated alkanes) is 1. The molecule has 32 heavy (non-hydrogen) atoms. The number of hydrazine groups is 1. The van der Waals surface area contributed by atoms with Crippen molar-refractivity contribution in [2.45, 2.75) is 39.7 Å². The summed E-state index contributed by atoms with van der Waals surface area (Å²) in [5.41, 5.74) is 11.5. The molecule has 2 aliphatic heterocycles. The van der Waals surface area contributed by atoms with E-state index >= 15 is 0 Å². The van der Waals surface area contributed by atoms with Crippen LogP contribution >= 0.6 is 0 Å². The fourth-order valence-electron chi connectivity index (χ4n) is 4.71. The highest BCUT2D eigenvalue weighted by Crippen LogP contribution is 2.29. The Kier molecular flexibility index (Phi) is 7.33. The maximum absolute atomic E-state index is 13.4. The van der Waals surface area contributed by atoms with Crippen molar-refractivity contribution in [3.05, 3.63) is 59.2 Å². The first-order valence-electron chi connectivity index (χ1n) is 11.9. The molecular weight excluding hydrogens is 400 g/mol. The number of carbonyl (C=O) groups is 1. The lowest BCUT2D eigenvalue weighted by molar-refractivity contribution is -0.135. The second kappa shape index (κ2) is 10.4. The molecule has 0 aromatic heterocycles. The van der Waals surface area contributed by atoms with E-state index in [-0.39, 0.29) is 17.9 Å². The monoisotopic (exact) mass is 436 g/mol. The van der Waals surface area contributed by atoms with Crippen molar-refractivity contribution in [2.24, 2.45) is 5.92 Å². The quantitative estimate of drug-likeness (QED) is 0.650. The zero-order chi connectivity index (χ0) is 22.5. The standard InChI is InChI=1S/C26H36N4O2/c1-4-5-16-32-22-9-7-21(8-10-22)25-23(18-27-28-25)26(31)30-14-12-29(13-15-30)24-11-6-19(2)17-20(24)3/h6-11,17,23,25,27-28H,4-5,12-16,18H2,1-3H3. The number of nitrogens with zero attached hydrogens (tertiary/aromatic N) is 2. The van der Waals surface area contributed by atoms with E-state index in [9.17, 15) is 4.79 Å². The normalized spacial score (nSPS) is 21.1. The van der Waals surface area contributed by atoms with Gasteiger partial charge in [-0.1, -0.05) is 43.2 Å². The minimum atomic E-state index is -0.102. The number of carbonyl (C=O) groups excluding carboxylic acids is 1. The van der Waals surface area contributed by atoms with E-state index in [2.05, 4.69) is 66.9 Å². The Morgan fingerprint density at radius 3 is 2.50 bits per heavy atom. The minimum absolute atomic E-state index is 0.0236. The molecule has 2 fully saturated rings. The van der Waals surface area contributed by atoms with Gasteiger partial charge in [-0.15, -0.1) is 0 Å². The number of benzene rings is 2. The van der Waals surface area contributed by atoms with E-state index in [1.165, 1.54) is 16.8 Å². The van der Waals surface area contributed by atoms with E-state index in [0.29, 0.717) is 6.54 Å². The highest BCUT2D eigenvalue weighted by Gasteiger charge is 2.37. The lowest BCUT2D eigenvalue weighted by Gasteiger charge is -2.38. The minimum Gasteiger partial charge on any atom is -0.494 e.